The van der Waals surface area contributed by atoms with Crippen molar-refractivity contribution in [2.24, 2.45) is 4.99 Å². The molecule has 6 nitrogen and oxygen atoms in total. The monoisotopic (exact) mass is 389 g/mol. The zero-order chi connectivity index (χ0) is 19.9. The average molecular weight is 390 g/mol. The van der Waals surface area contributed by atoms with Gasteiger partial charge in [-0.15, -0.1) is 0 Å². The first-order valence-electron chi connectivity index (χ1n) is 8.70. The van der Waals surface area contributed by atoms with Gasteiger partial charge in [-0.1, -0.05) is 24.3 Å². The van der Waals surface area contributed by atoms with Gasteiger partial charge in [-0.2, -0.15) is 0 Å². The summed E-state index contributed by atoms with van der Waals surface area (Å²) >= 11 is 0. The van der Waals surface area contributed by atoms with E-state index in [0.29, 0.717) is 18.9 Å². The largest absolute Gasteiger partial charge is 0.492 e. The van der Waals surface area contributed by atoms with Crippen LogP contribution in [0.15, 0.2) is 58.4 Å². The van der Waals surface area contributed by atoms with Crippen LogP contribution in [-0.4, -0.2) is 52.8 Å². The van der Waals surface area contributed by atoms with E-state index in [0.717, 1.165) is 12.5 Å². The third kappa shape index (κ3) is 6.29. The van der Waals surface area contributed by atoms with E-state index < -0.39 is 9.84 Å². The summed E-state index contributed by atoms with van der Waals surface area (Å²) < 4.78 is 28.6. The summed E-state index contributed by atoms with van der Waals surface area (Å²) in [6.07, 6.45) is 1.19. The van der Waals surface area contributed by atoms with Crippen LogP contribution in [0.2, 0.25) is 0 Å². The van der Waals surface area contributed by atoms with Crippen molar-refractivity contribution >= 4 is 15.8 Å². The normalized spacial score (nSPS) is 11.9. The van der Waals surface area contributed by atoms with Crippen molar-refractivity contribution < 1.29 is 13.2 Å². The maximum atomic E-state index is 11.5. The number of hydrogen-bond acceptors (Lipinski definition) is 4. The van der Waals surface area contributed by atoms with Gasteiger partial charge in [0.05, 0.1) is 11.4 Å². The number of nitrogens with one attached hydrogen (secondary N) is 1. The molecule has 0 spiro atoms. The standard InChI is InChI=1S/C20H27N3O3S/c1-16-7-5-6-8-17(16)15-23(3)20(21-2)22-13-14-26-18-9-11-19(12-10-18)27(4,24)25/h5-12H,13-15H2,1-4H3,(H,21,22). The van der Waals surface area contributed by atoms with Gasteiger partial charge in [-0.25, -0.2) is 8.42 Å². The van der Waals surface area contributed by atoms with Crippen LogP contribution in [0.4, 0.5) is 0 Å². The molecule has 0 saturated heterocycles. The van der Waals surface area contributed by atoms with E-state index in [-0.39, 0.29) is 4.90 Å². The summed E-state index contributed by atoms with van der Waals surface area (Å²) in [4.78, 5) is 6.65. The fraction of sp³-hybridized carbons (Fsp3) is 0.350. The summed E-state index contributed by atoms with van der Waals surface area (Å²) in [7, 11) is 0.557. The summed E-state index contributed by atoms with van der Waals surface area (Å²) in [6, 6.07) is 14.7. The Morgan fingerprint density at radius 1 is 1.15 bits per heavy atom. The third-order valence-electron chi connectivity index (χ3n) is 4.15. The van der Waals surface area contributed by atoms with E-state index in [9.17, 15) is 8.42 Å². The minimum absolute atomic E-state index is 0.284. The van der Waals surface area contributed by atoms with E-state index in [4.69, 9.17) is 4.74 Å². The number of aliphatic imine (C=N–C) groups is 1. The molecule has 0 aromatic heterocycles. The van der Waals surface area contributed by atoms with Gasteiger partial charge in [-0.3, -0.25) is 4.99 Å². The quantitative estimate of drug-likeness (QED) is 0.448. The highest BCUT2D eigenvalue weighted by Crippen LogP contribution is 2.15. The van der Waals surface area contributed by atoms with Gasteiger partial charge in [0, 0.05) is 26.9 Å². The number of rotatable bonds is 7. The molecule has 0 bridgehead atoms. The van der Waals surface area contributed by atoms with E-state index in [1.807, 2.05) is 19.2 Å². The average Bonchev–Trinajstić information content (AvgIpc) is 2.63. The van der Waals surface area contributed by atoms with E-state index in [2.05, 4.69) is 34.3 Å². The molecule has 2 aromatic carbocycles. The van der Waals surface area contributed by atoms with E-state index in [1.54, 1.807) is 31.3 Å². The van der Waals surface area contributed by atoms with Crippen LogP contribution in [-0.2, 0) is 16.4 Å². The highest BCUT2D eigenvalue weighted by atomic mass is 32.2. The maximum Gasteiger partial charge on any atom is 0.193 e. The lowest BCUT2D eigenvalue weighted by molar-refractivity contribution is 0.319. The first-order chi connectivity index (χ1) is 12.8. The summed E-state index contributed by atoms with van der Waals surface area (Å²) in [6.45, 7) is 3.89. The topological polar surface area (TPSA) is 71.0 Å². The fourth-order valence-electron chi connectivity index (χ4n) is 2.62. The number of benzene rings is 2. The molecule has 0 aliphatic heterocycles. The van der Waals surface area contributed by atoms with Crippen molar-refractivity contribution in [1.82, 2.24) is 10.2 Å². The van der Waals surface area contributed by atoms with Crippen LogP contribution >= 0.6 is 0 Å². The van der Waals surface area contributed by atoms with Crippen molar-refractivity contribution in [1.29, 1.82) is 0 Å². The minimum atomic E-state index is -3.19. The summed E-state index contributed by atoms with van der Waals surface area (Å²) in [5.41, 5.74) is 2.51. The lowest BCUT2D eigenvalue weighted by Gasteiger charge is -2.23. The molecule has 0 saturated carbocycles. The van der Waals surface area contributed by atoms with Crippen LogP contribution in [0, 0.1) is 6.92 Å². The Morgan fingerprint density at radius 3 is 2.41 bits per heavy atom. The number of nitrogens with zero attached hydrogens (tertiary/aromatic N) is 2. The Morgan fingerprint density at radius 2 is 1.81 bits per heavy atom. The molecule has 27 heavy (non-hydrogen) atoms. The van der Waals surface area contributed by atoms with Crippen molar-refractivity contribution in [3.63, 3.8) is 0 Å². The van der Waals surface area contributed by atoms with Gasteiger partial charge in [0.1, 0.15) is 12.4 Å². The molecule has 0 unspecified atom stereocenters. The first kappa shape index (κ1) is 20.8. The number of ether oxygens (including phenoxy) is 1. The lowest BCUT2D eigenvalue weighted by Crippen LogP contribution is -2.40. The molecule has 146 valence electrons. The Kier molecular flexibility index (Phi) is 7.24. The van der Waals surface area contributed by atoms with Gasteiger partial charge in [0.25, 0.3) is 0 Å². The summed E-state index contributed by atoms with van der Waals surface area (Å²) in [5.74, 6) is 1.42. The summed E-state index contributed by atoms with van der Waals surface area (Å²) in [5, 5.41) is 3.27. The first-order valence-corrected chi connectivity index (χ1v) is 10.6. The number of aryl methyl sites for hydroxylation is 1. The lowest BCUT2D eigenvalue weighted by atomic mass is 10.1. The minimum Gasteiger partial charge on any atom is -0.492 e. The highest BCUT2D eigenvalue weighted by molar-refractivity contribution is 7.90. The Hall–Kier alpha value is -2.54. The molecule has 1 N–H and O–H groups in total. The predicted octanol–water partition coefficient (Wildman–Crippen LogP) is 2.48. The van der Waals surface area contributed by atoms with Crippen molar-refractivity contribution in [3.05, 3.63) is 59.7 Å². The molecular weight excluding hydrogens is 362 g/mol. The Labute approximate surface area is 161 Å². The van der Waals surface area contributed by atoms with Crippen LogP contribution in [0.5, 0.6) is 5.75 Å². The molecule has 0 radical (unpaired) electrons. The second kappa shape index (κ2) is 9.41. The third-order valence-corrected chi connectivity index (χ3v) is 5.28. The SMILES string of the molecule is CN=C(NCCOc1ccc(S(C)(=O)=O)cc1)N(C)Cc1ccccc1C. The van der Waals surface area contributed by atoms with Gasteiger partial charge >= 0.3 is 0 Å². The van der Waals surface area contributed by atoms with E-state index in [1.165, 1.54) is 17.4 Å². The Balaban J connectivity index is 1.81. The molecular formula is C20H27N3O3S. The van der Waals surface area contributed by atoms with Crippen LogP contribution in [0.1, 0.15) is 11.1 Å². The Bertz CT molecular complexity index is 878. The van der Waals surface area contributed by atoms with E-state index >= 15 is 0 Å². The number of guanidine groups is 1. The smallest absolute Gasteiger partial charge is 0.193 e. The highest BCUT2D eigenvalue weighted by Gasteiger charge is 2.08. The zero-order valence-electron chi connectivity index (χ0n) is 16.3. The molecule has 2 rings (SSSR count). The van der Waals surface area contributed by atoms with Gasteiger partial charge in [0.2, 0.25) is 0 Å². The zero-order valence-corrected chi connectivity index (χ0v) is 17.1. The van der Waals surface area contributed by atoms with Gasteiger partial charge < -0.3 is 15.0 Å². The van der Waals surface area contributed by atoms with Crippen molar-refractivity contribution in [2.45, 2.75) is 18.4 Å². The molecule has 0 amide bonds. The second-order valence-corrected chi connectivity index (χ2v) is 8.36. The molecule has 7 heteroatoms. The molecule has 2 aromatic rings. The molecule has 0 heterocycles. The second-order valence-electron chi connectivity index (χ2n) is 6.35. The number of sulfone groups is 1. The van der Waals surface area contributed by atoms with Crippen molar-refractivity contribution in [2.75, 3.05) is 33.5 Å². The van der Waals surface area contributed by atoms with Gasteiger partial charge in [-0.05, 0) is 42.3 Å². The van der Waals surface area contributed by atoms with Crippen LogP contribution in [0.3, 0.4) is 0 Å². The predicted molar refractivity (Wildman–Crippen MR) is 109 cm³/mol. The van der Waals surface area contributed by atoms with Crippen LogP contribution in [0.25, 0.3) is 0 Å². The molecule has 0 aliphatic rings. The maximum absolute atomic E-state index is 11.5. The van der Waals surface area contributed by atoms with Crippen LogP contribution < -0.4 is 10.1 Å². The molecule has 0 fully saturated rings. The van der Waals surface area contributed by atoms with Crippen molar-refractivity contribution in [3.8, 4) is 5.75 Å². The number of hydrogen-bond donors (Lipinski definition) is 1. The van der Waals surface area contributed by atoms with Gasteiger partial charge in [0.15, 0.2) is 15.8 Å². The molecule has 0 atom stereocenters. The fourth-order valence-corrected chi connectivity index (χ4v) is 3.25. The molecule has 0 aliphatic carbocycles.